The number of benzene rings is 2. The fourth-order valence-electron chi connectivity index (χ4n) is 4.42. The molecule has 3 heteroatoms. The molecule has 2 aromatic rings. The number of halogens is 1. The normalized spacial score (nSPS) is 18.5. The molecule has 146 valence electrons. The van der Waals surface area contributed by atoms with Crippen molar-refractivity contribution in [2.45, 2.75) is 58.9 Å². The van der Waals surface area contributed by atoms with Crippen molar-refractivity contribution >= 4 is 28.9 Å². The van der Waals surface area contributed by atoms with Gasteiger partial charge >= 0.3 is 0 Å². The van der Waals surface area contributed by atoms with Crippen LogP contribution < -0.4 is 4.90 Å². The summed E-state index contributed by atoms with van der Waals surface area (Å²) in [5.41, 5.74) is 6.77. The summed E-state index contributed by atoms with van der Waals surface area (Å²) in [5, 5.41) is 10.4. The van der Waals surface area contributed by atoms with E-state index in [1.807, 2.05) is 30.3 Å². The summed E-state index contributed by atoms with van der Waals surface area (Å²) in [4.78, 5) is 2.56. The third kappa shape index (κ3) is 3.96. The van der Waals surface area contributed by atoms with E-state index in [0.29, 0.717) is 16.5 Å². The molecule has 1 atom stereocenters. The second-order valence-corrected chi connectivity index (χ2v) is 8.95. The van der Waals surface area contributed by atoms with E-state index in [2.05, 4.69) is 57.7 Å². The predicted octanol–water partition coefficient (Wildman–Crippen LogP) is 7.21. The SMILES string of the molecule is CCCN1c2cc(C)c(/C=C(\C#N)c3ccc(Cl)cc3)cc2C(C)CC1(C)C. The van der Waals surface area contributed by atoms with Crippen LogP contribution in [0.2, 0.25) is 5.02 Å². The topological polar surface area (TPSA) is 27.0 Å². The molecule has 1 aliphatic rings. The molecule has 0 fully saturated rings. The van der Waals surface area contributed by atoms with Gasteiger partial charge in [-0.05, 0) is 92.1 Å². The van der Waals surface area contributed by atoms with Crippen LogP contribution >= 0.6 is 11.6 Å². The fourth-order valence-corrected chi connectivity index (χ4v) is 4.54. The molecule has 2 nitrogen and oxygen atoms in total. The molecule has 1 heterocycles. The Morgan fingerprint density at radius 1 is 1.29 bits per heavy atom. The van der Waals surface area contributed by atoms with Crippen molar-refractivity contribution in [1.82, 2.24) is 0 Å². The summed E-state index contributed by atoms with van der Waals surface area (Å²) in [6, 6.07) is 14.4. The van der Waals surface area contributed by atoms with Gasteiger partial charge in [0.25, 0.3) is 0 Å². The van der Waals surface area contributed by atoms with Gasteiger partial charge < -0.3 is 4.90 Å². The number of nitriles is 1. The van der Waals surface area contributed by atoms with Gasteiger partial charge in [0.2, 0.25) is 0 Å². The van der Waals surface area contributed by atoms with E-state index in [0.717, 1.165) is 30.5 Å². The predicted molar refractivity (Wildman–Crippen MR) is 121 cm³/mol. The third-order valence-electron chi connectivity index (χ3n) is 5.80. The molecule has 0 amide bonds. The molecular weight excluding hydrogens is 364 g/mol. The van der Waals surface area contributed by atoms with Crippen molar-refractivity contribution in [2.24, 2.45) is 0 Å². The van der Waals surface area contributed by atoms with Crippen LogP contribution in [0.1, 0.15) is 68.7 Å². The molecule has 0 aromatic heterocycles. The van der Waals surface area contributed by atoms with Crippen LogP contribution in [-0.4, -0.2) is 12.1 Å². The molecule has 1 unspecified atom stereocenters. The number of aryl methyl sites for hydroxylation is 1. The Kier molecular flexibility index (Phi) is 5.87. The summed E-state index contributed by atoms with van der Waals surface area (Å²) in [5.74, 6) is 0.493. The first-order valence-electron chi connectivity index (χ1n) is 10.1. The maximum Gasteiger partial charge on any atom is 0.0998 e. The zero-order valence-electron chi connectivity index (χ0n) is 17.5. The quantitative estimate of drug-likeness (QED) is 0.405. The highest BCUT2D eigenvalue weighted by Gasteiger charge is 2.36. The summed E-state index contributed by atoms with van der Waals surface area (Å²) < 4.78 is 0. The van der Waals surface area contributed by atoms with Crippen LogP contribution in [0.25, 0.3) is 11.6 Å². The highest BCUT2D eigenvalue weighted by molar-refractivity contribution is 6.30. The smallest absolute Gasteiger partial charge is 0.0998 e. The van der Waals surface area contributed by atoms with Crippen molar-refractivity contribution < 1.29 is 0 Å². The van der Waals surface area contributed by atoms with Crippen molar-refractivity contribution in [1.29, 1.82) is 5.26 Å². The molecule has 0 aliphatic carbocycles. The Morgan fingerprint density at radius 2 is 1.96 bits per heavy atom. The Morgan fingerprint density at radius 3 is 2.57 bits per heavy atom. The average molecular weight is 393 g/mol. The zero-order chi connectivity index (χ0) is 20.5. The molecule has 3 rings (SSSR count). The fraction of sp³-hybridized carbons (Fsp3) is 0.400. The third-order valence-corrected chi connectivity index (χ3v) is 6.05. The molecular formula is C25H29ClN2. The van der Waals surface area contributed by atoms with E-state index in [1.165, 1.54) is 16.8 Å². The lowest BCUT2D eigenvalue weighted by atomic mass is 9.78. The minimum absolute atomic E-state index is 0.160. The summed E-state index contributed by atoms with van der Waals surface area (Å²) >= 11 is 6.00. The lowest BCUT2D eigenvalue weighted by molar-refractivity contribution is 0.376. The molecule has 2 aromatic carbocycles. The van der Waals surface area contributed by atoms with E-state index in [-0.39, 0.29) is 5.54 Å². The van der Waals surface area contributed by atoms with Crippen LogP contribution in [0.5, 0.6) is 0 Å². The van der Waals surface area contributed by atoms with Gasteiger partial charge in [-0.15, -0.1) is 0 Å². The number of nitrogens with zero attached hydrogens (tertiary/aromatic N) is 2. The van der Waals surface area contributed by atoms with Crippen LogP contribution in [0, 0.1) is 18.3 Å². The molecule has 0 bridgehead atoms. The van der Waals surface area contributed by atoms with Crippen molar-refractivity contribution in [3.63, 3.8) is 0 Å². The van der Waals surface area contributed by atoms with Gasteiger partial charge in [0.05, 0.1) is 11.6 Å². The van der Waals surface area contributed by atoms with Gasteiger partial charge in [0, 0.05) is 22.8 Å². The average Bonchev–Trinajstić information content (AvgIpc) is 2.64. The maximum atomic E-state index is 9.71. The molecule has 0 N–H and O–H groups in total. The van der Waals surface area contributed by atoms with Gasteiger partial charge in [0.15, 0.2) is 0 Å². The Labute approximate surface area is 174 Å². The maximum absolute atomic E-state index is 9.71. The number of allylic oxidation sites excluding steroid dienone is 1. The summed E-state index contributed by atoms with van der Waals surface area (Å²) in [6.45, 7) is 12.5. The van der Waals surface area contributed by atoms with E-state index in [9.17, 15) is 5.26 Å². The van der Waals surface area contributed by atoms with Crippen molar-refractivity contribution in [2.75, 3.05) is 11.4 Å². The second-order valence-electron chi connectivity index (χ2n) is 8.51. The standard InChI is InChI=1S/C25H29ClN2/c1-6-11-28-24-12-17(2)20(14-23(24)18(3)15-25(28,4)5)13-21(16-27)19-7-9-22(26)10-8-19/h7-10,12-14,18H,6,11,15H2,1-5H3/b21-13+. The lowest BCUT2D eigenvalue weighted by Gasteiger charge is -2.48. The first-order chi connectivity index (χ1) is 13.3. The van der Waals surface area contributed by atoms with Gasteiger partial charge in [0.1, 0.15) is 0 Å². The van der Waals surface area contributed by atoms with Gasteiger partial charge in [-0.25, -0.2) is 0 Å². The number of anilines is 1. The minimum atomic E-state index is 0.160. The molecule has 1 aliphatic heterocycles. The largest absolute Gasteiger partial charge is 0.366 e. The molecule has 0 saturated carbocycles. The first-order valence-corrected chi connectivity index (χ1v) is 10.4. The Bertz CT molecular complexity index is 932. The lowest BCUT2D eigenvalue weighted by Crippen LogP contribution is -2.48. The Hall–Kier alpha value is -2.24. The van der Waals surface area contributed by atoms with Gasteiger partial charge in [-0.2, -0.15) is 5.26 Å². The van der Waals surface area contributed by atoms with Crippen LogP contribution in [0.4, 0.5) is 5.69 Å². The van der Waals surface area contributed by atoms with E-state index in [4.69, 9.17) is 11.6 Å². The highest BCUT2D eigenvalue weighted by atomic mass is 35.5. The number of hydrogen-bond donors (Lipinski definition) is 0. The molecule has 28 heavy (non-hydrogen) atoms. The highest BCUT2D eigenvalue weighted by Crippen LogP contribution is 2.44. The second kappa shape index (κ2) is 8.02. The summed E-state index contributed by atoms with van der Waals surface area (Å²) in [6.07, 6.45) is 4.27. The number of rotatable bonds is 4. The van der Waals surface area contributed by atoms with E-state index >= 15 is 0 Å². The van der Waals surface area contributed by atoms with Crippen LogP contribution in [0.15, 0.2) is 36.4 Å². The number of fused-ring (bicyclic) bond motifs is 1. The van der Waals surface area contributed by atoms with Crippen LogP contribution in [-0.2, 0) is 0 Å². The molecule has 0 spiro atoms. The van der Waals surface area contributed by atoms with Crippen molar-refractivity contribution in [3.8, 4) is 6.07 Å². The zero-order valence-corrected chi connectivity index (χ0v) is 18.3. The minimum Gasteiger partial charge on any atom is -0.366 e. The first kappa shape index (κ1) is 20.5. The van der Waals surface area contributed by atoms with E-state index in [1.54, 1.807) is 0 Å². The van der Waals surface area contributed by atoms with Gasteiger partial charge in [-0.1, -0.05) is 37.6 Å². The van der Waals surface area contributed by atoms with Gasteiger partial charge in [-0.3, -0.25) is 0 Å². The van der Waals surface area contributed by atoms with E-state index < -0.39 is 0 Å². The monoisotopic (exact) mass is 392 g/mol. The molecule has 0 saturated heterocycles. The Balaban J connectivity index is 2.09. The molecule has 0 radical (unpaired) electrons. The van der Waals surface area contributed by atoms with Crippen molar-refractivity contribution in [3.05, 3.63) is 63.7 Å². The number of hydrogen-bond acceptors (Lipinski definition) is 2. The summed E-state index contributed by atoms with van der Waals surface area (Å²) in [7, 11) is 0. The van der Waals surface area contributed by atoms with Crippen LogP contribution in [0.3, 0.4) is 0 Å².